The van der Waals surface area contributed by atoms with E-state index in [-0.39, 0.29) is 5.82 Å². The van der Waals surface area contributed by atoms with Gasteiger partial charge in [0.1, 0.15) is 5.82 Å². The molecule has 1 unspecified atom stereocenters. The van der Waals surface area contributed by atoms with Gasteiger partial charge in [0.2, 0.25) is 0 Å². The van der Waals surface area contributed by atoms with Gasteiger partial charge in [0.25, 0.3) is 0 Å². The fourth-order valence-corrected chi connectivity index (χ4v) is 1.72. The summed E-state index contributed by atoms with van der Waals surface area (Å²) in [4.78, 5) is 0. The van der Waals surface area contributed by atoms with Crippen molar-refractivity contribution in [3.63, 3.8) is 0 Å². The fraction of sp³-hybridized carbons (Fsp3) is 0.455. The molecule has 1 nitrogen and oxygen atoms in total. The Morgan fingerprint density at radius 2 is 2.21 bits per heavy atom. The van der Waals surface area contributed by atoms with Gasteiger partial charge in [-0.05, 0) is 43.9 Å². The van der Waals surface area contributed by atoms with Gasteiger partial charge in [-0.1, -0.05) is 11.6 Å². The highest BCUT2D eigenvalue weighted by Gasteiger charge is 2.28. The van der Waals surface area contributed by atoms with Crippen LogP contribution in [0, 0.1) is 11.7 Å². The Bertz CT molecular complexity index is 336. The summed E-state index contributed by atoms with van der Waals surface area (Å²) in [5, 5.41) is 3.60. The standard InChI is InChI=1S/C11H13ClFN/c1-7(8-2-3-8)14-11-5-4-9(12)6-10(11)13/h4-8,14H,2-3H2,1H3. The molecule has 0 bridgehead atoms. The Morgan fingerprint density at radius 1 is 1.50 bits per heavy atom. The topological polar surface area (TPSA) is 12.0 Å². The number of hydrogen-bond acceptors (Lipinski definition) is 1. The summed E-state index contributed by atoms with van der Waals surface area (Å²) in [5.41, 5.74) is 0.550. The van der Waals surface area contributed by atoms with Crippen LogP contribution in [0.1, 0.15) is 19.8 Å². The number of halogens is 2. The fourth-order valence-electron chi connectivity index (χ4n) is 1.57. The van der Waals surface area contributed by atoms with Gasteiger partial charge in [0.05, 0.1) is 5.69 Å². The Hall–Kier alpha value is -0.760. The molecule has 0 aliphatic heterocycles. The van der Waals surface area contributed by atoms with E-state index < -0.39 is 0 Å². The zero-order valence-electron chi connectivity index (χ0n) is 8.06. The highest BCUT2D eigenvalue weighted by atomic mass is 35.5. The largest absolute Gasteiger partial charge is 0.380 e. The van der Waals surface area contributed by atoms with E-state index in [1.807, 2.05) is 0 Å². The van der Waals surface area contributed by atoms with Crippen LogP contribution >= 0.6 is 11.6 Å². The Morgan fingerprint density at radius 3 is 2.79 bits per heavy atom. The molecule has 0 amide bonds. The Kier molecular flexibility index (Phi) is 2.64. The number of nitrogens with one attached hydrogen (secondary N) is 1. The summed E-state index contributed by atoms with van der Waals surface area (Å²) in [6.07, 6.45) is 2.51. The van der Waals surface area contributed by atoms with Crippen molar-refractivity contribution in [2.45, 2.75) is 25.8 Å². The molecule has 1 atom stereocenters. The molecule has 76 valence electrons. The van der Waals surface area contributed by atoms with Crippen LogP contribution < -0.4 is 5.32 Å². The summed E-state index contributed by atoms with van der Waals surface area (Å²) in [5.74, 6) is 0.440. The minimum atomic E-state index is -0.273. The SMILES string of the molecule is CC(Nc1ccc(Cl)cc1F)C1CC1. The summed E-state index contributed by atoms with van der Waals surface area (Å²) < 4.78 is 13.3. The molecule has 0 radical (unpaired) electrons. The molecule has 0 saturated heterocycles. The molecule has 0 spiro atoms. The summed E-state index contributed by atoms with van der Waals surface area (Å²) >= 11 is 5.66. The molecule has 1 aromatic rings. The number of benzene rings is 1. The van der Waals surface area contributed by atoms with E-state index in [2.05, 4.69) is 12.2 Å². The lowest BCUT2D eigenvalue weighted by molar-refractivity contribution is 0.619. The highest BCUT2D eigenvalue weighted by molar-refractivity contribution is 6.30. The van der Waals surface area contributed by atoms with E-state index in [0.717, 1.165) is 0 Å². The van der Waals surface area contributed by atoms with Crippen LogP contribution in [0.15, 0.2) is 18.2 Å². The third kappa shape index (κ3) is 2.18. The first kappa shape index (κ1) is 9.78. The van der Waals surface area contributed by atoms with Crippen LogP contribution in [0.4, 0.5) is 10.1 Å². The molecule has 0 aromatic heterocycles. The molecule has 1 N–H and O–H groups in total. The van der Waals surface area contributed by atoms with Gasteiger partial charge in [-0.15, -0.1) is 0 Å². The van der Waals surface area contributed by atoms with E-state index in [0.29, 0.717) is 22.7 Å². The summed E-state index contributed by atoms with van der Waals surface area (Å²) in [6.45, 7) is 2.09. The lowest BCUT2D eigenvalue weighted by atomic mass is 10.2. The second-order valence-electron chi connectivity index (χ2n) is 3.89. The van der Waals surface area contributed by atoms with E-state index in [1.165, 1.54) is 18.9 Å². The molecule has 1 aromatic carbocycles. The minimum absolute atomic E-state index is 0.273. The maximum absolute atomic E-state index is 13.3. The highest BCUT2D eigenvalue weighted by Crippen LogP contribution is 2.34. The molecule has 1 aliphatic carbocycles. The third-order valence-corrected chi connectivity index (χ3v) is 2.88. The Balaban J connectivity index is 2.07. The van der Waals surface area contributed by atoms with Crippen LogP contribution in [-0.4, -0.2) is 6.04 Å². The zero-order valence-corrected chi connectivity index (χ0v) is 8.81. The molecule has 1 saturated carbocycles. The van der Waals surface area contributed by atoms with Crippen molar-refractivity contribution >= 4 is 17.3 Å². The molecule has 1 aliphatic rings. The van der Waals surface area contributed by atoms with Crippen molar-refractivity contribution in [3.05, 3.63) is 29.0 Å². The van der Waals surface area contributed by atoms with Gasteiger partial charge in [0, 0.05) is 11.1 Å². The monoisotopic (exact) mass is 213 g/mol. The second-order valence-corrected chi connectivity index (χ2v) is 4.33. The predicted octanol–water partition coefficient (Wildman–Crippen LogP) is 3.69. The average Bonchev–Trinajstić information content (AvgIpc) is 2.92. The van der Waals surface area contributed by atoms with Gasteiger partial charge >= 0.3 is 0 Å². The lowest BCUT2D eigenvalue weighted by Gasteiger charge is -2.14. The quantitative estimate of drug-likeness (QED) is 0.808. The van der Waals surface area contributed by atoms with Crippen molar-refractivity contribution in [2.75, 3.05) is 5.32 Å². The van der Waals surface area contributed by atoms with Gasteiger partial charge in [0.15, 0.2) is 0 Å². The zero-order chi connectivity index (χ0) is 10.1. The van der Waals surface area contributed by atoms with Gasteiger partial charge in [-0.3, -0.25) is 0 Å². The van der Waals surface area contributed by atoms with Gasteiger partial charge in [-0.2, -0.15) is 0 Å². The second kappa shape index (κ2) is 3.77. The van der Waals surface area contributed by atoms with E-state index in [9.17, 15) is 4.39 Å². The van der Waals surface area contributed by atoms with Crippen LogP contribution in [-0.2, 0) is 0 Å². The van der Waals surface area contributed by atoms with Crippen molar-refractivity contribution in [1.82, 2.24) is 0 Å². The van der Waals surface area contributed by atoms with E-state index >= 15 is 0 Å². The molecule has 1 fully saturated rings. The first-order valence-electron chi connectivity index (χ1n) is 4.88. The minimum Gasteiger partial charge on any atom is -0.380 e. The maximum atomic E-state index is 13.3. The number of anilines is 1. The first-order chi connectivity index (χ1) is 6.66. The van der Waals surface area contributed by atoms with Gasteiger partial charge < -0.3 is 5.32 Å². The van der Waals surface area contributed by atoms with Crippen molar-refractivity contribution < 1.29 is 4.39 Å². The maximum Gasteiger partial charge on any atom is 0.147 e. The lowest BCUT2D eigenvalue weighted by Crippen LogP contribution is -2.17. The smallest absolute Gasteiger partial charge is 0.147 e. The molecular formula is C11H13ClFN. The number of rotatable bonds is 3. The summed E-state index contributed by atoms with van der Waals surface area (Å²) in [7, 11) is 0. The normalized spacial score (nSPS) is 17.9. The summed E-state index contributed by atoms with van der Waals surface area (Å²) in [6, 6.07) is 5.08. The predicted molar refractivity (Wildman–Crippen MR) is 57.2 cm³/mol. The van der Waals surface area contributed by atoms with Crippen molar-refractivity contribution in [1.29, 1.82) is 0 Å². The van der Waals surface area contributed by atoms with E-state index in [1.54, 1.807) is 12.1 Å². The van der Waals surface area contributed by atoms with Crippen LogP contribution in [0.2, 0.25) is 5.02 Å². The van der Waals surface area contributed by atoms with Gasteiger partial charge in [-0.25, -0.2) is 4.39 Å². The van der Waals surface area contributed by atoms with Crippen molar-refractivity contribution in [3.8, 4) is 0 Å². The van der Waals surface area contributed by atoms with Crippen molar-refractivity contribution in [2.24, 2.45) is 5.92 Å². The van der Waals surface area contributed by atoms with Crippen LogP contribution in [0.25, 0.3) is 0 Å². The molecule has 0 heterocycles. The number of hydrogen-bond donors (Lipinski definition) is 1. The molecule has 14 heavy (non-hydrogen) atoms. The van der Waals surface area contributed by atoms with Crippen LogP contribution in [0.5, 0.6) is 0 Å². The molecular weight excluding hydrogens is 201 g/mol. The van der Waals surface area contributed by atoms with E-state index in [4.69, 9.17) is 11.6 Å². The molecule has 2 rings (SSSR count). The Labute approximate surface area is 88.3 Å². The third-order valence-electron chi connectivity index (χ3n) is 2.64. The molecule has 3 heteroatoms. The average molecular weight is 214 g/mol. The van der Waals surface area contributed by atoms with Crippen LogP contribution in [0.3, 0.4) is 0 Å². The first-order valence-corrected chi connectivity index (χ1v) is 5.26.